The van der Waals surface area contributed by atoms with E-state index in [1.165, 1.54) is 12.1 Å². The Morgan fingerprint density at radius 1 is 1.36 bits per heavy atom. The third kappa shape index (κ3) is 3.21. The molecule has 22 heavy (non-hydrogen) atoms. The van der Waals surface area contributed by atoms with Crippen molar-refractivity contribution in [1.29, 1.82) is 0 Å². The summed E-state index contributed by atoms with van der Waals surface area (Å²) in [5.74, 6) is 0.622. The fraction of sp³-hybridized carbons (Fsp3) is 0.600. The molecule has 0 radical (unpaired) electrons. The van der Waals surface area contributed by atoms with E-state index in [1.54, 1.807) is 6.07 Å². The molecule has 1 aromatic carbocycles. The van der Waals surface area contributed by atoms with E-state index in [1.807, 2.05) is 0 Å². The van der Waals surface area contributed by atoms with Crippen LogP contribution < -0.4 is 0 Å². The van der Waals surface area contributed by atoms with Crippen LogP contribution in [0.25, 0.3) is 0 Å². The Morgan fingerprint density at radius 2 is 2.09 bits per heavy atom. The Hall–Kier alpha value is -0.920. The van der Waals surface area contributed by atoms with Gasteiger partial charge < -0.3 is 5.11 Å². The number of benzene rings is 1. The Morgan fingerprint density at radius 3 is 2.68 bits per heavy atom. The molecule has 4 atom stereocenters. The lowest BCUT2D eigenvalue weighted by Crippen LogP contribution is -2.43. The predicted molar refractivity (Wildman–Crippen MR) is 77.9 cm³/mol. The molecule has 0 aliphatic carbocycles. The van der Waals surface area contributed by atoms with Crippen molar-refractivity contribution in [3.63, 3.8) is 0 Å². The number of likely N-dealkylation sites (tertiary alicyclic amines) is 1. The van der Waals surface area contributed by atoms with Gasteiger partial charge in [0.25, 0.3) is 0 Å². The van der Waals surface area contributed by atoms with Gasteiger partial charge in [-0.1, -0.05) is 18.2 Å². The van der Waals surface area contributed by atoms with Crippen molar-refractivity contribution in [2.45, 2.75) is 36.4 Å². The normalized spacial score (nSPS) is 29.9. The van der Waals surface area contributed by atoms with Crippen molar-refractivity contribution in [3.8, 4) is 0 Å². The first kappa shape index (κ1) is 16.0. The summed E-state index contributed by atoms with van der Waals surface area (Å²) in [4.78, 5) is 2.06. The number of aliphatic hydroxyl groups excluding tert-OH is 1. The monoisotopic (exact) mass is 333 g/mol. The Labute approximate surface area is 129 Å². The number of nitrogens with zero attached hydrogens (tertiary/aromatic N) is 1. The average molecular weight is 333 g/mol. The van der Waals surface area contributed by atoms with Gasteiger partial charge in [0.1, 0.15) is 0 Å². The number of hydrogen-bond acceptors (Lipinski definition) is 3. The van der Waals surface area contributed by atoms with Gasteiger partial charge in [-0.25, -0.2) is 0 Å². The van der Waals surface area contributed by atoms with E-state index in [2.05, 4.69) is 4.90 Å². The van der Waals surface area contributed by atoms with E-state index in [4.69, 9.17) is 0 Å². The van der Waals surface area contributed by atoms with Crippen LogP contribution in [0.2, 0.25) is 0 Å². The van der Waals surface area contributed by atoms with Crippen LogP contribution in [-0.4, -0.2) is 50.5 Å². The van der Waals surface area contributed by atoms with E-state index in [9.17, 15) is 22.5 Å². The highest BCUT2D eigenvalue weighted by molar-refractivity contribution is 7.86. The van der Waals surface area contributed by atoms with Crippen LogP contribution in [0.15, 0.2) is 24.3 Å². The highest BCUT2D eigenvalue weighted by Crippen LogP contribution is 2.33. The molecule has 122 valence electrons. The molecular weight excluding hydrogens is 315 g/mol. The van der Waals surface area contributed by atoms with Crippen molar-refractivity contribution >= 4 is 10.8 Å². The minimum absolute atomic E-state index is 0.0212. The molecule has 7 heteroatoms. The molecule has 0 spiro atoms. The molecule has 3 nitrogen and oxygen atoms in total. The molecule has 2 fully saturated rings. The number of hydrogen-bond donors (Lipinski definition) is 1. The quantitative estimate of drug-likeness (QED) is 0.914. The molecular formula is C15H18F3NO2S. The maximum Gasteiger partial charge on any atom is 0.416 e. The van der Waals surface area contributed by atoms with Crippen molar-refractivity contribution in [1.82, 2.24) is 4.90 Å². The van der Waals surface area contributed by atoms with Crippen molar-refractivity contribution in [3.05, 3.63) is 35.4 Å². The Bertz CT molecular complexity index is 578. The maximum atomic E-state index is 12.9. The third-order valence-electron chi connectivity index (χ3n) is 4.44. The highest BCUT2D eigenvalue weighted by atomic mass is 32.2. The first-order valence-corrected chi connectivity index (χ1v) is 8.67. The van der Waals surface area contributed by atoms with Crippen LogP contribution in [0.3, 0.4) is 0 Å². The fourth-order valence-corrected chi connectivity index (χ4v) is 5.21. The number of halogens is 3. The molecule has 0 saturated carbocycles. The van der Waals surface area contributed by atoms with Crippen molar-refractivity contribution < 1.29 is 22.5 Å². The second kappa shape index (κ2) is 5.94. The predicted octanol–water partition coefficient (Wildman–Crippen LogP) is 1.81. The zero-order chi connectivity index (χ0) is 15.9. The molecule has 2 aliphatic rings. The van der Waals surface area contributed by atoms with Crippen LogP contribution in [-0.2, 0) is 23.4 Å². The zero-order valence-corrected chi connectivity index (χ0v) is 12.7. The van der Waals surface area contributed by atoms with Crippen LogP contribution in [0.4, 0.5) is 13.2 Å². The summed E-state index contributed by atoms with van der Waals surface area (Å²) < 4.78 is 50.4. The minimum atomic E-state index is -4.40. The van der Waals surface area contributed by atoms with Gasteiger partial charge in [0.05, 0.1) is 11.7 Å². The van der Waals surface area contributed by atoms with Crippen molar-refractivity contribution in [2.24, 2.45) is 0 Å². The summed E-state index contributed by atoms with van der Waals surface area (Å²) >= 11 is 0. The highest BCUT2D eigenvalue weighted by Gasteiger charge is 2.43. The molecule has 2 bridgehead atoms. The summed E-state index contributed by atoms with van der Waals surface area (Å²) in [5.41, 5.74) is -0.562. The minimum Gasteiger partial charge on any atom is -0.391 e. The molecule has 2 heterocycles. The molecule has 2 unspecified atom stereocenters. The number of β-amino-alcohol motifs (C(OH)–C–C–N with tert-alkyl or cyclic N) is 1. The summed E-state index contributed by atoms with van der Waals surface area (Å²) in [7, 11) is -0.772. The van der Waals surface area contributed by atoms with E-state index < -0.39 is 28.6 Å². The summed E-state index contributed by atoms with van der Waals surface area (Å²) in [6.45, 7) is 1.01. The van der Waals surface area contributed by atoms with Gasteiger partial charge in [-0.3, -0.25) is 9.11 Å². The third-order valence-corrected chi connectivity index (χ3v) is 6.24. The van der Waals surface area contributed by atoms with E-state index in [0.717, 1.165) is 12.5 Å². The SMILES string of the molecule is O=S1C[C@@H]2C[C@H]1CN2CC(O)Cc1ccccc1C(F)(F)F. The molecule has 0 aromatic heterocycles. The van der Waals surface area contributed by atoms with Gasteiger partial charge in [-0.05, 0) is 18.1 Å². The molecule has 1 N–H and O–H groups in total. The average Bonchev–Trinajstić information content (AvgIpc) is 2.96. The topological polar surface area (TPSA) is 40.5 Å². The standard InChI is InChI=1S/C15H18F3NO2S/c16-15(17,18)14-4-2-1-3-10(14)5-12(20)7-19-8-13-6-11(19)9-22(13)21/h1-4,11-13,20H,5-9H2/t11-,12?,13-,22?/m0/s1. The molecule has 0 amide bonds. The van der Waals surface area contributed by atoms with Crippen LogP contribution in [0, 0.1) is 0 Å². The van der Waals surface area contributed by atoms with Gasteiger partial charge in [0, 0.05) is 47.4 Å². The zero-order valence-electron chi connectivity index (χ0n) is 11.9. The van der Waals surface area contributed by atoms with Crippen molar-refractivity contribution in [2.75, 3.05) is 18.8 Å². The number of fused-ring (bicyclic) bond motifs is 2. The largest absolute Gasteiger partial charge is 0.416 e. The van der Waals surface area contributed by atoms with Gasteiger partial charge in [-0.15, -0.1) is 0 Å². The lowest BCUT2D eigenvalue weighted by Gasteiger charge is -2.28. The van der Waals surface area contributed by atoms with E-state index >= 15 is 0 Å². The Kier molecular flexibility index (Phi) is 4.31. The lowest BCUT2D eigenvalue weighted by atomic mass is 10.0. The Balaban J connectivity index is 1.63. The van der Waals surface area contributed by atoms with E-state index in [0.29, 0.717) is 18.8 Å². The first-order valence-electron chi connectivity index (χ1n) is 7.29. The van der Waals surface area contributed by atoms with Gasteiger partial charge in [-0.2, -0.15) is 13.2 Å². The molecule has 3 rings (SSSR count). The first-order chi connectivity index (χ1) is 10.3. The smallest absolute Gasteiger partial charge is 0.391 e. The van der Waals surface area contributed by atoms with E-state index in [-0.39, 0.29) is 23.3 Å². The summed E-state index contributed by atoms with van der Waals surface area (Å²) in [6.07, 6.45) is -4.40. The van der Waals surface area contributed by atoms with Crippen LogP contribution in [0.1, 0.15) is 17.5 Å². The fourth-order valence-electron chi connectivity index (χ4n) is 3.41. The van der Waals surface area contributed by atoms with Gasteiger partial charge in [0.15, 0.2) is 0 Å². The van der Waals surface area contributed by atoms with Crippen LogP contribution >= 0.6 is 0 Å². The number of aliphatic hydroxyl groups is 1. The maximum absolute atomic E-state index is 12.9. The molecule has 2 saturated heterocycles. The number of rotatable bonds is 4. The second-order valence-corrected chi connectivity index (χ2v) is 7.79. The second-order valence-electron chi connectivity index (χ2n) is 6.03. The summed E-state index contributed by atoms with van der Waals surface area (Å²) in [5, 5.41) is 10.3. The summed E-state index contributed by atoms with van der Waals surface area (Å²) in [6, 6.07) is 5.57. The lowest BCUT2D eigenvalue weighted by molar-refractivity contribution is -0.138. The van der Waals surface area contributed by atoms with Crippen LogP contribution in [0.5, 0.6) is 0 Å². The van der Waals surface area contributed by atoms with Gasteiger partial charge in [0.2, 0.25) is 0 Å². The molecule has 1 aromatic rings. The molecule has 2 aliphatic heterocycles. The number of alkyl halides is 3. The van der Waals surface area contributed by atoms with Gasteiger partial charge >= 0.3 is 6.18 Å².